The molecule has 0 spiro atoms. The molecule has 1 saturated carbocycles. The maximum Gasteiger partial charge on any atom is 0.236 e. The summed E-state index contributed by atoms with van der Waals surface area (Å²) in [6.07, 6.45) is 7.25. The first-order valence-corrected chi connectivity index (χ1v) is 4.33. The van der Waals surface area contributed by atoms with Crippen molar-refractivity contribution in [3.05, 3.63) is 0 Å². The van der Waals surface area contributed by atoms with Crippen molar-refractivity contribution < 1.29 is 4.79 Å². The Bertz CT molecular complexity index is 227. The SMILES string of the molecule is N#CC1(N=C=O)CCCCCC1. The van der Waals surface area contributed by atoms with Gasteiger partial charge >= 0.3 is 0 Å². The van der Waals surface area contributed by atoms with Crippen LogP contribution in [0.25, 0.3) is 0 Å². The van der Waals surface area contributed by atoms with E-state index < -0.39 is 5.54 Å². The number of aliphatic imine (C=N–C) groups is 1. The lowest BCUT2D eigenvalue weighted by atomic mass is 9.93. The predicted octanol–water partition coefficient (Wildman–Crippen LogP) is 1.94. The highest BCUT2D eigenvalue weighted by molar-refractivity contribution is 5.37. The van der Waals surface area contributed by atoms with E-state index in [0.29, 0.717) is 0 Å². The van der Waals surface area contributed by atoms with Crippen molar-refractivity contribution in [3.8, 4) is 6.07 Å². The van der Waals surface area contributed by atoms with E-state index >= 15 is 0 Å². The van der Waals surface area contributed by atoms with Crippen LogP contribution >= 0.6 is 0 Å². The van der Waals surface area contributed by atoms with E-state index in [-0.39, 0.29) is 0 Å². The Kier molecular flexibility index (Phi) is 3.01. The van der Waals surface area contributed by atoms with Crippen LogP contribution in [0, 0.1) is 11.3 Å². The van der Waals surface area contributed by atoms with Crippen LogP contribution in [0.1, 0.15) is 38.5 Å². The lowest BCUT2D eigenvalue weighted by Gasteiger charge is -2.16. The van der Waals surface area contributed by atoms with Crippen LogP contribution in [0.3, 0.4) is 0 Å². The molecule has 1 aliphatic carbocycles. The van der Waals surface area contributed by atoms with Gasteiger partial charge in [0.15, 0.2) is 5.54 Å². The third-order valence-electron chi connectivity index (χ3n) is 2.40. The summed E-state index contributed by atoms with van der Waals surface area (Å²) in [6.45, 7) is 0. The van der Waals surface area contributed by atoms with Gasteiger partial charge in [-0.3, -0.25) is 0 Å². The van der Waals surface area contributed by atoms with Crippen LogP contribution in [0.2, 0.25) is 0 Å². The summed E-state index contributed by atoms with van der Waals surface area (Å²) in [6, 6.07) is 2.13. The Balaban J connectivity index is 2.76. The Morgan fingerprint density at radius 1 is 1.17 bits per heavy atom. The highest BCUT2D eigenvalue weighted by atomic mass is 16.1. The lowest BCUT2D eigenvalue weighted by molar-refractivity contribution is 0.466. The van der Waals surface area contributed by atoms with Gasteiger partial charge in [-0.15, -0.1) is 0 Å². The van der Waals surface area contributed by atoms with E-state index in [1.165, 1.54) is 6.08 Å². The summed E-state index contributed by atoms with van der Waals surface area (Å²) in [5.41, 5.74) is -0.738. The number of hydrogen-bond acceptors (Lipinski definition) is 3. The number of carbonyl (C=O) groups excluding carboxylic acids is 1. The summed E-state index contributed by atoms with van der Waals surface area (Å²) in [5, 5.41) is 8.88. The van der Waals surface area contributed by atoms with Crippen molar-refractivity contribution in [1.29, 1.82) is 5.26 Å². The first kappa shape index (κ1) is 8.96. The third-order valence-corrected chi connectivity index (χ3v) is 2.40. The number of hydrogen-bond donors (Lipinski definition) is 0. The van der Waals surface area contributed by atoms with E-state index in [1.807, 2.05) is 0 Å². The zero-order chi connectivity index (χ0) is 8.86. The highest BCUT2D eigenvalue weighted by Gasteiger charge is 2.30. The smallest absolute Gasteiger partial charge is 0.211 e. The molecule has 0 radical (unpaired) electrons. The van der Waals surface area contributed by atoms with Crippen LogP contribution in [-0.4, -0.2) is 11.6 Å². The molecule has 0 aromatic carbocycles. The van der Waals surface area contributed by atoms with Crippen molar-refractivity contribution >= 4 is 6.08 Å². The molecule has 3 heteroatoms. The molecule has 64 valence electrons. The van der Waals surface area contributed by atoms with Crippen molar-refractivity contribution in [3.63, 3.8) is 0 Å². The monoisotopic (exact) mass is 164 g/mol. The molecule has 0 bridgehead atoms. The zero-order valence-corrected chi connectivity index (χ0v) is 7.05. The summed E-state index contributed by atoms with van der Waals surface area (Å²) in [4.78, 5) is 13.7. The fraction of sp³-hybridized carbons (Fsp3) is 0.778. The van der Waals surface area contributed by atoms with Gasteiger partial charge in [0.2, 0.25) is 6.08 Å². The lowest BCUT2D eigenvalue weighted by Crippen LogP contribution is -2.22. The predicted molar refractivity (Wildman–Crippen MR) is 44.2 cm³/mol. The van der Waals surface area contributed by atoms with E-state index in [1.54, 1.807) is 0 Å². The largest absolute Gasteiger partial charge is 0.236 e. The molecule has 1 rings (SSSR count). The van der Waals surface area contributed by atoms with Crippen molar-refractivity contribution in [2.45, 2.75) is 44.1 Å². The summed E-state index contributed by atoms with van der Waals surface area (Å²) in [5.74, 6) is 0. The molecule has 0 N–H and O–H groups in total. The van der Waals surface area contributed by atoms with Crippen molar-refractivity contribution in [2.75, 3.05) is 0 Å². The number of nitrogens with zero attached hydrogens (tertiary/aromatic N) is 2. The quantitative estimate of drug-likeness (QED) is 0.338. The normalized spacial score (nSPS) is 21.6. The molecule has 0 saturated heterocycles. The van der Waals surface area contributed by atoms with Gasteiger partial charge in [-0.25, -0.2) is 4.79 Å². The van der Waals surface area contributed by atoms with Crippen LogP contribution < -0.4 is 0 Å². The molecule has 1 aliphatic rings. The molecule has 0 amide bonds. The van der Waals surface area contributed by atoms with Crippen LogP contribution in [0.5, 0.6) is 0 Å². The van der Waals surface area contributed by atoms with Gasteiger partial charge in [-0.1, -0.05) is 12.8 Å². The molecule has 0 atom stereocenters. The minimum atomic E-state index is -0.738. The number of isocyanates is 1. The topological polar surface area (TPSA) is 53.2 Å². The molecule has 0 heterocycles. The summed E-state index contributed by atoms with van der Waals surface area (Å²) in [7, 11) is 0. The van der Waals surface area contributed by atoms with Gasteiger partial charge in [0.1, 0.15) is 0 Å². The van der Waals surface area contributed by atoms with E-state index in [9.17, 15) is 4.79 Å². The van der Waals surface area contributed by atoms with E-state index in [4.69, 9.17) is 5.26 Å². The second kappa shape index (κ2) is 4.04. The van der Waals surface area contributed by atoms with Crippen LogP contribution in [0.4, 0.5) is 0 Å². The third kappa shape index (κ3) is 1.93. The van der Waals surface area contributed by atoms with E-state index in [2.05, 4.69) is 11.1 Å². The fourth-order valence-corrected chi connectivity index (χ4v) is 1.65. The first-order chi connectivity index (χ1) is 5.83. The maximum atomic E-state index is 10.1. The Hall–Kier alpha value is -1.13. The Labute approximate surface area is 72.1 Å². The number of rotatable bonds is 1. The fourth-order valence-electron chi connectivity index (χ4n) is 1.65. The second-order valence-corrected chi connectivity index (χ2v) is 3.26. The Morgan fingerprint density at radius 2 is 1.75 bits per heavy atom. The van der Waals surface area contributed by atoms with Gasteiger partial charge in [-0.05, 0) is 25.7 Å². The average Bonchev–Trinajstić information content (AvgIpc) is 2.32. The summed E-state index contributed by atoms with van der Waals surface area (Å²) >= 11 is 0. The van der Waals surface area contributed by atoms with E-state index in [0.717, 1.165) is 38.5 Å². The van der Waals surface area contributed by atoms with Crippen LogP contribution in [-0.2, 0) is 4.79 Å². The Morgan fingerprint density at radius 3 is 2.17 bits per heavy atom. The highest BCUT2D eigenvalue weighted by Crippen LogP contribution is 2.29. The molecule has 3 nitrogen and oxygen atoms in total. The zero-order valence-electron chi connectivity index (χ0n) is 7.05. The number of nitriles is 1. The van der Waals surface area contributed by atoms with Gasteiger partial charge in [0.05, 0.1) is 6.07 Å². The summed E-state index contributed by atoms with van der Waals surface area (Å²) < 4.78 is 0. The second-order valence-electron chi connectivity index (χ2n) is 3.26. The minimum Gasteiger partial charge on any atom is -0.211 e. The molecule has 0 aromatic heterocycles. The standard InChI is InChI=1S/C9H12N2O/c10-7-9(11-8-12)5-3-1-2-4-6-9/h1-6H2. The van der Waals surface area contributed by atoms with Gasteiger partial charge in [0, 0.05) is 0 Å². The maximum absolute atomic E-state index is 10.1. The molecule has 0 aromatic rings. The van der Waals surface area contributed by atoms with Crippen molar-refractivity contribution in [1.82, 2.24) is 0 Å². The van der Waals surface area contributed by atoms with Gasteiger partial charge in [-0.2, -0.15) is 10.3 Å². The minimum absolute atomic E-state index is 0.721. The molecular weight excluding hydrogens is 152 g/mol. The van der Waals surface area contributed by atoms with Crippen molar-refractivity contribution in [2.24, 2.45) is 4.99 Å². The molecule has 0 aliphatic heterocycles. The first-order valence-electron chi connectivity index (χ1n) is 4.33. The van der Waals surface area contributed by atoms with Crippen LogP contribution in [0.15, 0.2) is 4.99 Å². The average molecular weight is 164 g/mol. The molecule has 1 fully saturated rings. The molecule has 0 unspecified atom stereocenters. The molecule has 12 heavy (non-hydrogen) atoms. The van der Waals surface area contributed by atoms with Gasteiger partial charge in [0.25, 0.3) is 0 Å². The van der Waals surface area contributed by atoms with Gasteiger partial charge < -0.3 is 0 Å². The molecular formula is C9H12N2O.